The predicted octanol–water partition coefficient (Wildman–Crippen LogP) is 3.33. The highest BCUT2D eigenvalue weighted by Gasteiger charge is 2.32. The lowest BCUT2D eigenvalue weighted by Crippen LogP contribution is -2.48. The zero-order chi connectivity index (χ0) is 16.2. The minimum atomic E-state index is -0.271. The Kier molecular flexibility index (Phi) is 5.21. The molecule has 0 bridgehead atoms. The van der Waals surface area contributed by atoms with Crippen molar-refractivity contribution in [1.29, 1.82) is 0 Å². The molecule has 126 valence electrons. The maximum atomic E-state index is 12.7. The van der Waals surface area contributed by atoms with Gasteiger partial charge in [0, 0.05) is 13.1 Å². The summed E-state index contributed by atoms with van der Waals surface area (Å²) in [5.74, 6) is 0.895. The average Bonchev–Trinajstić information content (AvgIpc) is 2.53. The zero-order valence-corrected chi connectivity index (χ0v) is 13.9. The molecule has 2 aliphatic rings. The van der Waals surface area contributed by atoms with E-state index < -0.39 is 0 Å². The molecule has 1 heterocycles. The fourth-order valence-corrected chi connectivity index (χ4v) is 3.72. The highest BCUT2D eigenvalue weighted by molar-refractivity contribution is 5.75. The van der Waals surface area contributed by atoms with Crippen molar-refractivity contribution in [2.24, 2.45) is 11.8 Å². The molecule has 4 heteroatoms. The van der Waals surface area contributed by atoms with Crippen molar-refractivity contribution in [3.05, 3.63) is 35.9 Å². The number of nitrogens with one attached hydrogen (secondary N) is 1. The Labute approximate surface area is 138 Å². The van der Waals surface area contributed by atoms with Gasteiger partial charge in [-0.15, -0.1) is 0 Å². The molecule has 23 heavy (non-hydrogen) atoms. The Balaban J connectivity index is 1.60. The molecule has 1 aliphatic heterocycles. The number of carbonyl (C=O) groups excluding carboxylic acids is 1. The number of benzene rings is 1. The summed E-state index contributed by atoms with van der Waals surface area (Å²) in [6.45, 7) is 3.34. The molecule has 2 N–H and O–H groups in total. The second kappa shape index (κ2) is 7.35. The van der Waals surface area contributed by atoms with Crippen LogP contribution in [0.15, 0.2) is 30.3 Å². The van der Waals surface area contributed by atoms with Gasteiger partial charge in [0.2, 0.25) is 0 Å². The summed E-state index contributed by atoms with van der Waals surface area (Å²) >= 11 is 0. The second-order valence-electron chi connectivity index (χ2n) is 7.09. The molecule has 0 radical (unpaired) electrons. The van der Waals surface area contributed by atoms with Crippen LogP contribution in [0.5, 0.6) is 0 Å². The maximum Gasteiger partial charge on any atom is 0.317 e. The van der Waals surface area contributed by atoms with Crippen LogP contribution in [0.1, 0.15) is 50.6 Å². The van der Waals surface area contributed by atoms with Crippen LogP contribution >= 0.6 is 0 Å². The van der Waals surface area contributed by atoms with Gasteiger partial charge in [0.15, 0.2) is 0 Å². The van der Waals surface area contributed by atoms with Crippen LogP contribution in [-0.4, -0.2) is 35.2 Å². The monoisotopic (exact) mass is 316 g/mol. The van der Waals surface area contributed by atoms with Crippen LogP contribution in [0, 0.1) is 11.8 Å². The third-order valence-corrected chi connectivity index (χ3v) is 5.57. The lowest BCUT2D eigenvalue weighted by Gasteiger charge is -2.38. The summed E-state index contributed by atoms with van der Waals surface area (Å²) in [7, 11) is 0. The number of piperidine rings is 1. The van der Waals surface area contributed by atoms with Crippen LogP contribution in [0.25, 0.3) is 0 Å². The van der Waals surface area contributed by atoms with E-state index in [1.165, 1.54) is 24.8 Å². The van der Waals surface area contributed by atoms with Crippen molar-refractivity contribution in [1.82, 2.24) is 10.2 Å². The first kappa shape index (κ1) is 16.3. The van der Waals surface area contributed by atoms with Gasteiger partial charge in [0.05, 0.1) is 12.1 Å². The smallest absolute Gasteiger partial charge is 0.317 e. The average molecular weight is 316 g/mol. The van der Waals surface area contributed by atoms with Gasteiger partial charge in [0.25, 0.3) is 0 Å². The Morgan fingerprint density at radius 2 is 1.78 bits per heavy atom. The first-order valence-electron chi connectivity index (χ1n) is 8.93. The second-order valence-corrected chi connectivity index (χ2v) is 7.09. The number of hydrogen-bond donors (Lipinski definition) is 2. The molecule has 0 aromatic heterocycles. The van der Waals surface area contributed by atoms with Crippen LogP contribution in [0.3, 0.4) is 0 Å². The molecule has 1 saturated carbocycles. The first-order chi connectivity index (χ1) is 11.1. The summed E-state index contributed by atoms with van der Waals surface area (Å²) < 4.78 is 0. The molecule has 2 atom stereocenters. The van der Waals surface area contributed by atoms with E-state index >= 15 is 0 Å². The van der Waals surface area contributed by atoms with Crippen molar-refractivity contribution in [3.8, 4) is 0 Å². The summed E-state index contributed by atoms with van der Waals surface area (Å²) in [4.78, 5) is 14.6. The molecule has 0 spiro atoms. The fraction of sp³-hybridized carbons (Fsp3) is 0.632. The summed E-state index contributed by atoms with van der Waals surface area (Å²) in [6, 6.07) is 10.5. The van der Waals surface area contributed by atoms with Crippen molar-refractivity contribution in [3.63, 3.8) is 0 Å². The number of carbonyl (C=O) groups is 1. The SMILES string of the molecule is CC(O)C1CCN(C(=O)NC(c2ccccc2)C2CCC2)CC1. The standard InChI is InChI=1S/C19H28N2O2/c1-14(22)15-10-12-21(13-11-15)19(23)20-18(17-8-5-9-17)16-6-3-2-4-7-16/h2-4,6-7,14-15,17-18,22H,5,8-13H2,1H3,(H,20,23). The minimum Gasteiger partial charge on any atom is -0.393 e. The topological polar surface area (TPSA) is 52.6 Å². The number of amides is 2. The molecule has 1 aliphatic carbocycles. The van der Waals surface area contributed by atoms with Gasteiger partial charge in [-0.1, -0.05) is 36.8 Å². The predicted molar refractivity (Wildman–Crippen MR) is 91.0 cm³/mol. The lowest BCUT2D eigenvalue weighted by molar-refractivity contribution is 0.0781. The summed E-state index contributed by atoms with van der Waals surface area (Å²) in [5.41, 5.74) is 1.21. The van der Waals surface area contributed by atoms with E-state index in [9.17, 15) is 9.90 Å². The van der Waals surface area contributed by atoms with Crippen molar-refractivity contribution in [2.45, 2.75) is 51.2 Å². The van der Waals surface area contributed by atoms with E-state index in [1.54, 1.807) is 0 Å². The Hall–Kier alpha value is -1.55. The minimum absolute atomic E-state index is 0.0507. The van der Waals surface area contributed by atoms with E-state index in [-0.39, 0.29) is 18.2 Å². The van der Waals surface area contributed by atoms with Gasteiger partial charge in [-0.2, -0.15) is 0 Å². The van der Waals surface area contributed by atoms with E-state index in [0.717, 1.165) is 25.9 Å². The number of aliphatic hydroxyl groups is 1. The Morgan fingerprint density at radius 3 is 2.30 bits per heavy atom. The van der Waals surface area contributed by atoms with Gasteiger partial charge in [0.1, 0.15) is 0 Å². The molecule has 2 amide bonds. The van der Waals surface area contributed by atoms with Gasteiger partial charge < -0.3 is 15.3 Å². The van der Waals surface area contributed by atoms with Crippen LogP contribution in [0.4, 0.5) is 4.79 Å². The van der Waals surface area contributed by atoms with E-state index in [4.69, 9.17) is 0 Å². The molecule has 2 unspecified atom stereocenters. The number of rotatable bonds is 4. The Bertz CT molecular complexity index is 505. The number of urea groups is 1. The lowest BCUT2D eigenvalue weighted by atomic mass is 9.77. The normalized spacial score (nSPS) is 22.3. The zero-order valence-electron chi connectivity index (χ0n) is 13.9. The Morgan fingerprint density at radius 1 is 1.13 bits per heavy atom. The highest BCUT2D eigenvalue weighted by atomic mass is 16.3. The first-order valence-corrected chi connectivity index (χ1v) is 8.93. The van der Waals surface area contributed by atoms with Crippen LogP contribution in [-0.2, 0) is 0 Å². The van der Waals surface area contributed by atoms with E-state index in [0.29, 0.717) is 11.8 Å². The molecule has 4 nitrogen and oxygen atoms in total. The molecule has 1 saturated heterocycles. The molecule has 2 fully saturated rings. The summed E-state index contributed by atoms with van der Waals surface area (Å²) in [5, 5.41) is 13.0. The molecule has 1 aromatic carbocycles. The largest absolute Gasteiger partial charge is 0.393 e. The van der Waals surface area contributed by atoms with Crippen molar-refractivity contribution >= 4 is 6.03 Å². The molecular weight excluding hydrogens is 288 g/mol. The van der Waals surface area contributed by atoms with Crippen LogP contribution < -0.4 is 5.32 Å². The third-order valence-electron chi connectivity index (χ3n) is 5.57. The number of aliphatic hydroxyl groups excluding tert-OH is 1. The third kappa shape index (κ3) is 3.86. The number of hydrogen-bond acceptors (Lipinski definition) is 2. The summed E-state index contributed by atoms with van der Waals surface area (Å²) in [6.07, 6.45) is 5.18. The quantitative estimate of drug-likeness (QED) is 0.895. The van der Waals surface area contributed by atoms with E-state index in [2.05, 4.69) is 17.4 Å². The van der Waals surface area contributed by atoms with Gasteiger partial charge >= 0.3 is 6.03 Å². The van der Waals surface area contributed by atoms with Gasteiger partial charge in [-0.25, -0.2) is 4.79 Å². The van der Waals surface area contributed by atoms with Crippen molar-refractivity contribution in [2.75, 3.05) is 13.1 Å². The molecular formula is C19H28N2O2. The number of nitrogens with zero attached hydrogens (tertiary/aromatic N) is 1. The highest BCUT2D eigenvalue weighted by Crippen LogP contribution is 2.37. The van der Waals surface area contributed by atoms with Crippen LogP contribution in [0.2, 0.25) is 0 Å². The molecule has 1 aromatic rings. The molecule has 3 rings (SSSR count). The van der Waals surface area contributed by atoms with Gasteiger partial charge in [-0.3, -0.25) is 0 Å². The number of likely N-dealkylation sites (tertiary alicyclic amines) is 1. The fourth-order valence-electron chi connectivity index (χ4n) is 3.72. The maximum absolute atomic E-state index is 12.7. The van der Waals surface area contributed by atoms with Crippen molar-refractivity contribution < 1.29 is 9.90 Å². The van der Waals surface area contributed by atoms with E-state index in [1.807, 2.05) is 30.0 Å². The van der Waals surface area contributed by atoms with Gasteiger partial charge in [-0.05, 0) is 50.0 Å².